The van der Waals surface area contributed by atoms with E-state index in [4.69, 9.17) is 0 Å². The summed E-state index contributed by atoms with van der Waals surface area (Å²) in [5.74, 6) is -0.986. The minimum atomic E-state index is -0.672. The molecule has 29 heavy (non-hydrogen) atoms. The predicted octanol–water partition coefficient (Wildman–Crippen LogP) is 4.93. The van der Waals surface area contributed by atoms with Gasteiger partial charge in [0.15, 0.2) is 5.78 Å². The second-order valence-corrected chi connectivity index (χ2v) is 8.39. The number of benzene rings is 2. The zero-order chi connectivity index (χ0) is 19.9. The molecule has 1 heterocycles. The third-order valence-electron chi connectivity index (χ3n) is 6.30. The molecule has 6 heteroatoms. The summed E-state index contributed by atoms with van der Waals surface area (Å²) in [5.41, 5.74) is 0.590. The van der Waals surface area contributed by atoms with Crippen molar-refractivity contribution < 1.29 is 13.6 Å². The van der Waals surface area contributed by atoms with E-state index in [1.807, 2.05) is 0 Å². The summed E-state index contributed by atoms with van der Waals surface area (Å²) in [6.07, 6.45) is 2.54. The highest BCUT2D eigenvalue weighted by atomic mass is 35.5. The third-order valence-corrected chi connectivity index (χ3v) is 6.30. The summed E-state index contributed by atoms with van der Waals surface area (Å²) >= 11 is 0. The van der Waals surface area contributed by atoms with Gasteiger partial charge in [-0.05, 0) is 44.7 Å². The molecule has 4 rings (SSSR count). The number of halogens is 3. The molecule has 2 fully saturated rings. The molecule has 2 aromatic carbocycles. The lowest BCUT2D eigenvalue weighted by Crippen LogP contribution is -2.56. The fraction of sp³-hybridized carbons (Fsp3) is 0.435. The molecule has 0 unspecified atom stereocenters. The van der Waals surface area contributed by atoms with Gasteiger partial charge in [0.25, 0.3) is 0 Å². The normalized spacial score (nSPS) is 17.7. The van der Waals surface area contributed by atoms with Gasteiger partial charge < -0.3 is 4.90 Å². The Kier molecular flexibility index (Phi) is 6.30. The van der Waals surface area contributed by atoms with E-state index in [9.17, 15) is 13.6 Å². The SMILES string of the molecule is CC(C)(C1CC1)N1CCN(c2c(F)cc(C(=O)c3ccccc3)cc2F)CC1.Cl. The van der Waals surface area contributed by atoms with Crippen LogP contribution < -0.4 is 4.90 Å². The zero-order valence-electron chi connectivity index (χ0n) is 16.8. The van der Waals surface area contributed by atoms with Gasteiger partial charge in [0, 0.05) is 42.8 Å². The average Bonchev–Trinajstić information content (AvgIpc) is 3.54. The zero-order valence-corrected chi connectivity index (χ0v) is 17.6. The number of carbonyl (C=O) groups excluding carboxylic acids is 1. The van der Waals surface area contributed by atoms with Crippen LogP contribution in [0.4, 0.5) is 14.5 Å². The minimum absolute atomic E-state index is 0. The summed E-state index contributed by atoms with van der Waals surface area (Å²) in [6.45, 7) is 7.27. The van der Waals surface area contributed by atoms with Crippen LogP contribution in [0.2, 0.25) is 0 Å². The number of hydrogen-bond acceptors (Lipinski definition) is 3. The second kappa shape index (κ2) is 8.41. The maximum atomic E-state index is 14.8. The van der Waals surface area contributed by atoms with E-state index in [1.165, 1.54) is 12.8 Å². The maximum Gasteiger partial charge on any atom is 0.193 e. The molecule has 0 spiro atoms. The Hall–Kier alpha value is -1.98. The van der Waals surface area contributed by atoms with E-state index in [1.54, 1.807) is 35.2 Å². The molecule has 0 radical (unpaired) electrons. The summed E-state index contributed by atoms with van der Waals surface area (Å²) in [5, 5.41) is 0. The Bertz CT molecular complexity index is 853. The Balaban J connectivity index is 0.00000240. The third kappa shape index (κ3) is 4.31. The van der Waals surface area contributed by atoms with Crippen LogP contribution in [0.3, 0.4) is 0 Å². The first-order chi connectivity index (χ1) is 13.4. The van der Waals surface area contributed by atoms with E-state index < -0.39 is 11.6 Å². The van der Waals surface area contributed by atoms with E-state index >= 15 is 0 Å². The number of anilines is 1. The molecule has 3 nitrogen and oxygen atoms in total. The monoisotopic (exact) mass is 420 g/mol. The van der Waals surface area contributed by atoms with Crippen LogP contribution in [0.5, 0.6) is 0 Å². The summed E-state index contributed by atoms with van der Waals surface area (Å²) in [7, 11) is 0. The van der Waals surface area contributed by atoms with Crippen LogP contribution >= 0.6 is 12.4 Å². The summed E-state index contributed by atoms with van der Waals surface area (Å²) < 4.78 is 29.6. The lowest BCUT2D eigenvalue weighted by molar-refractivity contribution is 0.0916. The van der Waals surface area contributed by atoms with Crippen molar-refractivity contribution in [2.45, 2.75) is 32.2 Å². The lowest BCUT2D eigenvalue weighted by atomic mass is 9.95. The topological polar surface area (TPSA) is 23.6 Å². The van der Waals surface area contributed by atoms with Crippen molar-refractivity contribution >= 4 is 23.9 Å². The Morgan fingerprint density at radius 1 is 0.931 bits per heavy atom. The first-order valence-corrected chi connectivity index (χ1v) is 9.96. The highest BCUT2D eigenvalue weighted by Gasteiger charge is 2.43. The quantitative estimate of drug-likeness (QED) is 0.641. The van der Waals surface area contributed by atoms with E-state index in [2.05, 4.69) is 18.7 Å². The number of carbonyl (C=O) groups is 1. The fourth-order valence-electron chi connectivity index (χ4n) is 4.31. The van der Waals surface area contributed by atoms with Crippen molar-refractivity contribution in [2.75, 3.05) is 31.1 Å². The molecule has 0 atom stereocenters. The van der Waals surface area contributed by atoms with Crippen LogP contribution in [-0.4, -0.2) is 42.4 Å². The van der Waals surface area contributed by atoms with Crippen molar-refractivity contribution in [1.29, 1.82) is 0 Å². The molecule has 0 aromatic heterocycles. The van der Waals surface area contributed by atoms with Crippen molar-refractivity contribution in [2.24, 2.45) is 5.92 Å². The van der Waals surface area contributed by atoms with Gasteiger partial charge in [-0.25, -0.2) is 8.78 Å². The van der Waals surface area contributed by atoms with Gasteiger partial charge in [-0.15, -0.1) is 12.4 Å². The highest BCUT2D eigenvalue weighted by molar-refractivity contribution is 6.09. The van der Waals surface area contributed by atoms with Crippen molar-refractivity contribution in [3.63, 3.8) is 0 Å². The minimum Gasteiger partial charge on any atom is -0.364 e. The molecule has 1 aliphatic carbocycles. The lowest BCUT2D eigenvalue weighted by Gasteiger charge is -2.45. The number of rotatable bonds is 5. The Morgan fingerprint density at radius 3 is 2.00 bits per heavy atom. The van der Waals surface area contributed by atoms with Crippen LogP contribution in [0.15, 0.2) is 42.5 Å². The van der Waals surface area contributed by atoms with Crippen LogP contribution in [0, 0.1) is 17.6 Å². The molecular weight excluding hydrogens is 394 g/mol. The van der Waals surface area contributed by atoms with Crippen molar-refractivity contribution in [1.82, 2.24) is 4.90 Å². The number of hydrogen-bond donors (Lipinski definition) is 0. The fourth-order valence-corrected chi connectivity index (χ4v) is 4.31. The Morgan fingerprint density at radius 2 is 1.48 bits per heavy atom. The van der Waals surface area contributed by atoms with Gasteiger partial charge >= 0.3 is 0 Å². The molecule has 0 N–H and O–H groups in total. The smallest absolute Gasteiger partial charge is 0.193 e. The van der Waals surface area contributed by atoms with Crippen LogP contribution in [0.1, 0.15) is 42.6 Å². The van der Waals surface area contributed by atoms with Crippen LogP contribution in [0.25, 0.3) is 0 Å². The number of nitrogens with zero attached hydrogens (tertiary/aromatic N) is 2. The first kappa shape index (κ1) is 21.7. The number of ketones is 1. The van der Waals surface area contributed by atoms with E-state index in [0.29, 0.717) is 18.7 Å². The molecule has 2 aliphatic rings. The average molecular weight is 421 g/mol. The van der Waals surface area contributed by atoms with Gasteiger partial charge in [0.1, 0.15) is 17.3 Å². The Labute approximate surface area is 177 Å². The summed E-state index contributed by atoms with van der Waals surface area (Å²) in [4.78, 5) is 16.7. The van der Waals surface area contributed by atoms with Crippen LogP contribution in [-0.2, 0) is 0 Å². The standard InChI is InChI=1S/C23H26F2N2O.ClH/c1-23(2,18-8-9-18)27-12-10-26(11-13-27)21-19(24)14-17(15-20(21)25)22(28)16-6-4-3-5-7-16;/h3-7,14-15,18H,8-13H2,1-2H3;1H. The largest absolute Gasteiger partial charge is 0.364 e. The molecular formula is C23H27ClF2N2O. The van der Waals surface area contributed by atoms with Crippen molar-refractivity contribution in [3.8, 4) is 0 Å². The molecule has 0 bridgehead atoms. The molecule has 2 aromatic rings. The van der Waals surface area contributed by atoms with Gasteiger partial charge in [0.05, 0.1) is 0 Å². The van der Waals surface area contributed by atoms with Gasteiger partial charge in [-0.1, -0.05) is 30.3 Å². The van der Waals surface area contributed by atoms with Gasteiger partial charge in [0.2, 0.25) is 0 Å². The molecule has 0 amide bonds. The maximum absolute atomic E-state index is 14.8. The van der Waals surface area contributed by atoms with Crippen molar-refractivity contribution in [3.05, 3.63) is 65.2 Å². The van der Waals surface area contributed by atoms with Gasteiger partial charge in [-0.3, -0.25) is 9.69 Å². The predicted molar refractivity (Wildman–Crippen MR) is 114 cm³/mol. The summed E-state index contributed by atoms with van der Waals surface area (Å²) in [6, 6.07) is 10.9. The highest BCUT2D eigenvalue weighted by Crippen LogP contribution is 2.43. The van der Waals surface area contributed by atoms with E-state index in [0.717, 1.165) is 31.1 Å². The molecule has 1 saturated heterocycles. The van der Waals surface area contributed by atoms with E-state index in [-0.39, 0.29) is 35.0 Å². The van der Waals surface area contributed by atoms with Gasteiger partial charge in [-0.2, -0.15) is 0 Å². The second-order valence-electron chi connectivity index (χ2n) is 8.39. The molecule has 1 aliphatic heterocycles. The molecule has 156 valence electrons. The first-order valence-electron chi connectivity index (χ1n) is 9.96. The number of piperazine rings is 1. The molecule has 1 saturated carbocycles.